The van der Waals surface area contributed by atoms with Gasteiger partial charge in [0.05, 0.1) is 10.2 Å². The molecule has 1 aliphatic rings. The summed E-state index contributed by atoms with van der Waals surface area (Å²) in [7, 11) is 0. The van der Waals surface area contributed by atoms with Gasteiger partial charge in [-0.15, -0.1) is 0 Å². The zero-order valence-corrected chi connectivity index (χ0v) is 19.5. The summed E-state index contributed by atoms with van der Waals surface area (Å²) in [4.78, 5) is 21.1. The number of hydrogen-bond acceptors (Lipinski definition) is 5. The highest BCUT2D eigenvalue weighted by Crippen LogP contribution is 2.32. The van der Waals surface area contributed by atoms with E-state index in [1.807, 2.05) is 24.7 Å². The Kier molecular flexibility index (Phi) is 6.01. The first-order chi connectivity index (χ1) is 15.1. The van der Waals surface area contributed by atoms with Gasteiger partial charge in [-0.2, -0.15) is 23.4 Å². The SMILES string of the molecule is CCn1cc(CN2CCN(C(=O)c3nn4c(C(F)(F)F)cc(C)nc4c3Br)CC2)c(C)n1. The maximum absolute atomic E-state index is 13.5. The Hall–Kier alpha value is -2.47. The second-order valence-corrected chi connectivity index (χ2v) is 8.64. The van der Waals surface area contributed by atoms with E-state index in [4.69, 9.17) is 0 Å². The normalized spacial score (nSPS) is 15.7. The molecule has 3 aromatic rings. The Morgan fingerprint density at radius 2 is 1.84 bits per heavy atom. The Balaban J connectivity index is 1.51. The summed E-state index contributed by atoms with van der Waals surface area (Å²) in [5.41, 5.74) is 1.27. The lowest BCUT2D eigenvalue weighted by atomic mass is 10.2. The third-order valence-corrected chi connectivity index (χ3v) is 6.31. The number of alkyl halides is 3. The number of aromatic nitrogens is 5. The molecule has 172 valence electrons. The van der Waals surface area contributed by atoms with Crippen LogP contribution < -0.4 is 0 Å². The van der Waals surface area contributed by atoms with E-state index < -0.39 is 17.8 Å². The summed E-state index contributed by atoms with van der Waals surface area (Å²) in [6.07, 6.45) is -2.58. The third kappa shape index (κ3) is 4.25. The van der Waals surface area contributed by atoms with E-state index in [0.29, 0.717) is 30.7 Å². The summed E-state index contributed by atoms with van der Waals surface area (Å²) in [6, 6.07) is 0.919. The van der Waals surface area contributed by atoms with Gasteiger partial charge in [0.1, 0.15) is 5.69 Å². The van der Waals surface area contributed by atoms with Crippen molar-refractivity contribution in [1.82, 2.24) is 34.2 Å². The molecule has 0 bridgehead atoms. The lowest BCUT2D eigenvalue weighted by Gasteiger charge is -2.34. The molecule has 8 nitrogen and oxygen atoms in total. The van der Waals surface area contributed by atoms with Gasteiger partial charge in [0.15, 0.2) is 11.3 Å². The van der Waals surface area contributed by atoms with Crippen LogP contribution in [0.1, 0.15) is 40.1 Å². The number of rotatable bonds is 4. The molecule has 1 amide bonds. The van der Waals surface area contributed by atoms with Gasteiger partial charge in [-0.05, 0) is 42.8 Å². The first-order valence-corrected chi connectivity index (χ1v) is 11.1. The maximum Gasteiger partial charge on any atom is 0.433 e. The van der Waals surface area contributed by atoms with E-state index in [2.05, 4.69) is 36.0 Å². The van der Waals surface area contributed by atoms with Crippen molar-refractivity contribution in [2.75, 3.05) is 26.2 Å². The fourth-order valence-electron chi connectivity index (χ4n) is 3.83. The highest BCUT2D eigenvalue weighted by molar-refractivity contribution is 9.10. The molecule has 4 heterocycles. The maximum atomic E-state index is 13.5. The van der Waals surface area contributed by atoms with E-state index in [1.165, 1.54) is 6.92 Å². The first kappa shape index (κ1) is 22.7. The van der Waals surface area contributed by atoms with Crippen molar-refractivity contribution in [2.45, 2.75) is 40.0 Å². The molecular weight excluding hydrogens is 491 g/mol. The van der Waals surface area contributed by atoms with Gasteiger partial charge in [0, 0.05) is 56.7 Å². The summed E-state index contributed by atoms with van der Waals surface area (Å²) in [5, 5.41) is 8.44. The van der Waals surface area contributed by atoms with Crippen molar-refractivity contribution in [3.8, 4) is 0 Å². The Morgan fingerprint density at radius 3 is 2.44 bits per heavy atom. The van der Waals surface area contributed by atoms with Crippen molar-refractivity contribution >= 4 is 27.5 Å². The summed E-state index contributed by atoms with van der Waals surface area (Å²) < 4.78 is 43.1. The number of carbonyl (C=O) groups excluding carboxylic acids is 1. The van der Waals surface area contributed by atoms with Gasteiger partial charge < -0.3 is 4.90 Å². The third-order valence-electron chi connectivity index (χ3n) is 5.58. The Bertz CT molecular complexity index is 1160. The largest absolute Gasteiger partial charge is 0.433 e. The molecule has 3 aromatic heterocycles. The average Bonchev–Trinajstić information content (AvgIpc) is 3.26. The summed E-state index contributed by atoms with van der Waals surface area (Å²) in [5.74, 6) is -0.414. The fourth-order valence-corrected chi connectivity index (χ4v) is 4.33. The van der Waals surface area contributed by atoms with Crippen molar-refractivity contribution in [1.29, 1.82) is 0 Å². The predicted octanol–water partition coefficient (Wildman–Crippen LogP) is 3.30. The smallest absolute Gasteiger partial charge is 0.335 e. The molecular formula is C20H23BrF3N7O. The van der Waals surface area contributed by atoms with E-state index >= 15 is 0 Å². The molecule has 12 heteroatoms. The van der Waals surface area contributed by atoms with Crippen molar-refractivity contribution in [2.24, 2.45) is 0 Å². The monoisotopic (exact) mass is 513 g/mol. The second-order valence-electron chi connectivity index (χ2n) is 7.84. The molecule has 0 unspecified atom stereocenters. The van der Waals surface area contributed by atoms with Crippen LogP contribution in [0, 0.1) is 13.8 Å². The van der Waals surface area contributed by atoms with Crippen LogP contribution in [-0.4, -0.2) is 66.3 Å². The van der Waals surface area contributed by atoms with Crippen LogP contribution in [0.3, 0.4) is 0 Å². The van der Waals surface area contributed by atoms with Crippen LogP contribution in [0.25, 0.3) is 5.65 Å². The zero-order valence-electron chi connectivity index (χ0n) is 17.9. The molecule has 4 rings (SSSR count). The Morgan fingerprint density at radius 1 is 1.16 bits per heavy atom. The number of halogens is 4. The number of piperazine rings is 1. The minimum absolute atomic E-state index is 0.0253. The molecule has 0 atom stereocenters. The van der Waals surface area contributed by atoms with E-state index in [-0.39, 0.29) is 21.5 Å². The minimum Gasteiger partial charge on any atom is -0.335 e. The molecule has 0 radical (unpaired) electrons. The minimum atomic E-state index is -4.62. The van der Waals surface area contributed by atoms with E-state index in [0.717, 1.165) is 30.4 Å². The van der Waals surface area contributed by atoms with Crippen LogP contribution in [0.15, 0.2) is 16.7 Å². The number of aryl methyl sites for hydroxylation is 3. The van der Waals surface area contributed by atoms with Gasteiger partial charge >= 0.3 is 6.18 Å². The Labute approximate surface area is 191 Å². The molecule has 0 spiro atoms. The summed E-state index contributed by atoms with van der Waals surface area (Å²) in [6.45, 7) is 9.25. The standard InChI is InChI=1S/C20H23BrF3N7O/c1-4-30-11-14(13(3)26-30)10-28-5-7-29(8-6-28)19(32)17-16(21)18-25-12(2)9-15(20(22,23)24)31(18)27-17/h9,11H,4-8,10H2,1-3H3. The van der Waals surface area contributed by atoms with Crippen LogP contribution in [0.4, 0.5) is 13.2 Å². The van der Waals surface area contributed by atoms with Gasteiger partial charge in [-0.1, -0.05) is 0 Å². The number of hydrogen-bond donors (Lipinski definition) is 0. The van der Waals surface area contributed by atoms with Crippen molar-refractivity contribution in [3.05, 3.63) is 45.1 Å². The highest BCUT2D eigenvalue weighted by atomic mass is 79.9. The molecule has 1 aliphatic heterocycles. The lowest BCUT2D eigenvalue weighted by molar-refractivity contribution is -0.142. The molecule has 0 N–H and O–H groups in total. The first-order valence-electron chi connectivity index (χ1n) is 10.3. The molecule has 0 aliphatic carbocycles. The van der Waals surface area contributed by atoms with Crippen LogP contribution >= 0.6 is 15.9 Å². The molecule has 1 fully saturated rings. The van der Waals surface area contributed by atoms with Gasteiger partial charge in [-0.3, -0.25) is 14.4 Å². The van der Waals surface area contributed by atoms with Gasteiger partial charge in [0.25, 0.3) is 5.91 Å². The zero-order chi connectivity index (χ0) is 23.2. The van der Waals surface area contributed by atoms with Crippen molar-refractivity contribution < 1.29 is 18.0 Å². The van der Waals surface area contributed by atoms with Gasteiger partial charge in [0.2, 0.25) is 0 Å². The summed E-state index contributed by atoms with van der Waals surface area (Å²) >= 11 is 3.25. The predicted molar refractivity (Wildman–Crippen MR) is 114 cm³/mol. The molecule has 0 saturated carbocycles. The number of nitrogens with zero attached hydrogens (tertiary/aromatic N) is 7. The number of carbonyl (C=O) groups is 1. The van der Waals surface area contributed by atoms with E-state index in [1.54, 1.807) is 4.90 Å². The number of amides is 1. The second kappa shape index (κ2) is 8.47. The topological polar surface area (TPSA) is 71.6 Å². The molecule has 0 aromatic carbocycles. The fraction of sp³-hybridized carbons (Fsp3) is 0.500. The van der Waals surface area contributed by atoms with E-state index in [9.17, 15) is 18.0 Å². The van der Waals surface area contributed by atoms with Crippen molar-refractivity contribution in [3.63, 3.8) is 0 Å². The lowest BCUT2D eigenvalue weighted by Crippen LogP contribution is -2.48. The number of fused-ring (bicyclic) bond motifs is 1. The quantitative estimate of drug-likeness (QED) is 0.535. The molecule has 32 heavy (non-hydrogen) atoms. The van der Waals surface area contributed by atoms with Crippen LogP contribution in [0.5, 0.6) is 0 Å². The molecule has 1 saturated heterocycles. The van der Waals surface area contributed by atoms with Gasteiger partial charge in [-0.25, -0.2) is 9.50 Å². The highest BCUT2D eigenvalue weighted by Gasteiger charge is 2.36. The van der Waals surface area contributed by atoms with Crippen LogP contribution in [0.2, 0.25) is 0 Å². The van der Waals surface area contributed by atoms with Crippen LogP contribution in [-0.2, 0) is 19.3 Å². The average molecular weight is 514 g/mol.